The number of likely N-dealkylation sites (tertiary alicyclic amines) is 1. The van der Waals surface area contributed by atoms with Crippen LogP contribution in [-0.2, 0) is 0 Å². The van der Waals surface area contributed by atoms with Crippen molar-refractivity contribution in [1.82, 2.24) is 10.2 Å². The second-order valence-electron chi connectivity index (χ2n) is 5.14. The Morgan fingerprint density at radius 3 is 2.65 bits per heavy atom. The summed E-state index contributed by atoms with van der Waals surface area (Å²) in [6.45, 7) is 4.31. The Kier molecular flexibility index (Phi) is 5.06. The highest BCUT2D eigenvalue weighted by Gasteiger charge is 2.24. The van der Waals surface area contributed by atoms with E-state index in [0.29, 0.717) is 19.1 Å². The molecule has 3 nitrogen and oxygen atoms in total. The number of carbonyl (C=O) groups is 1. The zero-order valence-corrected chi connectivity index (χ0v) is 11.7. The summed E-state index contributed by atoms with van der Waals surface area (Å²) in [5.74, 6) is -1.81. The number of nitrogens with zero attached hydrogens (tertiary/aromatic N) is 1. The first-order valence-corrected chi connectivity index (χ1v) is 7.09. The van der Waals surface area contributed by atoms with Gasteiger partial charge in [-0.25, -0.2) is 8.78 Å². The maximum absolute atomic E-state index is 13.6. The highest BCUT2D eigenvalue weighted by molar-refractivity contribution is 5.94. The van der Waals surface area contributed by atoms with Crippen LogP contribution >= 0.6 is 0 Å². The molecular weight excluding hydrogens is 262 g/mol. The van der Waals surface area contributed by atoms with Crippen LogP contribution in [-0.4, -0.2) is 36.5 Å². The van der Waals surface area contributed by atoms with Gasteiger partial charge in [0, 0.05) is 25.2 Å². The molecule has 0 unspecified atom stereocenters. The number of piperidine rings is 1. The number of halogens is 2. The van der Waals surface area contributed by atoms with Crippen LogP contribution in [0.5, 0.6) is 0 Å². The van der Waals surface area contributed by atoms with E-state index in [1.54, 1.807) is 4.90 Å². The molecule has 1 aromatic rings. The molecule has 2 rings (SSSR count). The van der Waals surface area contributed by atoms with Gasteiger partial charge >= 0.3 is 0 Å². The Hall–Kier alpha value is -1.49. The molecule has 1 heterocycles. The minimum atomic E-state index is -0.791. The van der Waals surface area contributed by atoms with Gasteiger partial charge in [0.15, 0.2) is 0 Å². The first-order chi connectivity index (χ1) is 9.61. The molecular formula is C15H20F2N2O. The lowest BCUT2D eigenvalue weighted by atomic mass is 10.0. The van der Waals surface area contributed by atoms with Gasteiger partial charge in [0.25, 0.3) is 5.91 Å². The predicted molar refractivity (Wildman–Crippen MR) is 73.6 cm³/mol. The highest BCUT2D eigenvalue weighted by Crippen LogP contribution is 2.17. The van der Waals surface area contributed by atoms with E-state index < -0.39 is 11.6 Å². The minimum absolute atomic E-state index is 0.0497. The van der Waals surface area contributed by atoms with Crippen LogP contribution in [0.25, 0.3) is 0 Å². The zero-order chi connectivity index (χ0) is 14.5. The van der Waals surface area contributed by atoms with E-state index in [0.717, 1.165) is 37.9 Å². The maximum atomic E-state index is 13.6. The number of benzene rings is 1. The smallest absolute Gasteiger partial charge is 0.256 e. The van der Waals surface area contributed by atoms with Gasteiger partial charge in [0.1, 0.15) is 11.6 Å². The summed E-state index contributed by atoms with van der Waals surface area (Å²) in [5.41, 5.74) is -0.0497. The predicted octanol–water partition coefficient (Wildman–Crippen LogP) is 2.57. The number of rotatable bonds is 4. The largest absolute Gasteiger partial charge is 0.338 e. The monoisotopic (exact) mass is 282 g/mol. The van der Waals surface area contributed by atoms with Gasteiger partial charge in [-0.15, -0.1) is 0 Å². The molecule has 0 aromatic heterocycles. The Morgan fingerprint density at radius 1 is 1.35 bits per heavy atom. The van der Waals surface area contributed by atoms with Gasteiger partial charge in [-0.05, 0) is 37.9 Å². The fourth-order valence-corrected chi connectivity index (χ4v) is 2.47. The molecule has 0 radical (unpaired) electrons. The molecule has 1 aliphatic rings. The van der Waals surface area contributed by atoms with E-state index in [4.69, 9.17) is 0 Å². The van der Waals surface area contributed by atoms with Crippen LogP contribution in [0.15, 0.2) is 18.2 Å². The van der Waals surface area contributed by atoms with E-state index in [1.165, 1.54) is 6.07 Å². The van der Waals surface area contributed by atoms with E-state index in [9.17, 15) is 13.6 Å². The lowest BCUT2D eigenvalue weighted by molar-refractivity contribution is 0.0700. The van der Waals surface area contributed by atoms with E-state index in [2.05, 4.69) is 12.2 Å². The van der Waals surface area contributed by atoms with Gasteiger partial charge in [-0.3, -0.25) is 4.79 Å². The lowest BCUT2D eigenvalue weighted by Crippen LogP contribution is -2.45. The Morgan fingerprint density at radius 2 is 2.05 bits per heavy atom. The van der Waals surface area contributed by atoms with Crippen molar-refractivity contribution >= 4 is 5.91 Å². The van der Waals surface area contributed by atoms with Crippen LogP contribution in [0, 0.1) is 11.6 Å². The molecule has 0 saturated carbocycles. The summed E-state index contributed by atoms with van der Waals surface area (Å²) in [5, 5.41) is 3.43. The fourth-order valence-electron chi connectivity index (χ4n) is 2.47. The third kappa shape index (κ3) is 3.54. The molecule has 1 aliphatic heterocycles. The lowest BCUT2D eigenvalue weighted by Gasteiger charge is -2.32. The standard InChI is InChI=1S/C15H20F2N2O/c1-2-7-18-12-5-8-19(9-6-12)15(20)13-4-3-11(16)10-14(13)17/h3-4,10,12,18H,2,5-9H2,1H3. The molecule has 1 fully saturated rings. The summed E-state index contributed by atoms with van der Waals surface area (Å²) in [6, 6.07) is 3.51. The molecule has 1 amide bonds. The molecule has 110 valence electrons. The molecule has 1 aromatic carbocycles. The summed E-state index contributed by atoms with van der Waals surface area (Å²) in [6.07, 6.45) is 2.82. The van der Waals surface area contributed by atoms with Gasteiger partial charge < -0.3 is 10.2 Å². The van der Waals surface area contributed by atoms with Crippen molar-refractivity contribution in [2.75, 3.05) is 19.6 Å². The fraction of sp³-hybridized carbons (Fsp3) is 0.533. The van der Waals surface area contributed by atoms with Crippen molar-refractivity contribution in [3.05, 3.63) is 35.4 Å². The van der Waals surface area contributed by atoms with Gasteiger partial charge in [0.2, 0.25) is 0 Å². The molecule has 5 heteroatoms. The van der Waals surface area contributed by atoms with Crippen LogP contribution in [0.1, 0.15) is 36.5 Å². The van der Waals surface area contributed by atoms with Gasteiger partial charge in [0.05, 0.1) is 5.56 Å². The molecule has 0 bridgehead atoms. The third-order valence-corrected chi connectivity index (χ3v) is 3.63. The summed E-state index contributed by atoms with van der Waals surface area (Å²) in [4.78, 5) is 13.8. The van der Waals surface area contributed by atoms with Crippen LogP contribution < -0.4 is 5.32 Å². The molecule has 1 N–H and O–H groups in total. The van der Waals surface area contributed by atoms with Crippen molar-refractivity contribution in [3.63, 3.8) is 0 Å². The molecule has 0 aliphatic carbocycles. The Labute approximate surface area is 118 Å². The molecule has 0 atom stereocenters. The first-order valence-electron chi connectivity index (χ1n) is 7.09. The van der Waals surface area contributed by atoms with E-state index in [-0.39, 0.29) is 11.5 Å². The summed E-state index contributed by atoms with van der Waals surface area (Å²) < 4.78 is 26.4. The SMILES string of the molecule is CCCNC1CCN(C(=O)c2ccc(F)cc2F)CC1. The average Bonchev–Trinajstić information content (AvgIpc) is 2.45. The normalized spacial score (nSPS) is 16.4. The van der Waals surface area contributed by atoms with Gasteiger partial charge in [-0.2, -0.15) is 0 Å². The third-order valence-electron chi connectivity index (χ3n) is 3.63. The van der Waals surface area contributed by atoms with Crippen LogP contribution in [0.4, 0.5) is 8.78 Å². The second kappa shape index (κ2) is 6.79. The number of nitrogens with one attached hydrogen (secondary N) is 1. The maximum Gasteiger partial charge on any atom is 0.256 e. The number of hydrogen-bond donors (Lipinski definition) is 1. The Balaban J connectivity index is 1.94. The highest BCUT2D eigenvalue weighted by atomic mass is 19.1. The topological polar surface area (TPSA) is 32.3 Å². The van der Waals surface area contributed by atoms with Crippen LogP contribution in [0.3, 0.4) is 0 Å². The zero-order valence-electron chi connectivity index (χ0n) is 11.7. The number of carbonyl (C=O) groups excluding carboxylic acids is 1. The number of amides is 1. The molecule has 20 heavy (non-hydrogen) atoms. The van der Waals surface area contributed by atoms with E-state index >= 15 is 0 Å². The van der Waals surface area contributed by atoms with Gasteiger partial charge in [-0.1, -0.05) is 6.92 Å². The van der Waals surface area contributed by atoms with E-state index in [1.807, 2.05) is 0 Å². The van der Waals surface area contributed by atoms with Crippen molar-refractivity contribution < 1.29 is 13.6 Å². The van der Waals surface area contributed by atoms with Crippen LogP contribution in [0.2, 0.25) is 0 Å². The number of hydrogen-bond acceptors (Lipinski definition) is 2. The summed E-state index contributed by atoms with van der Waals surface area (Å²) in [7, 11) is 0. The Bertz CT molecular complexity index is 471. The van der Waals surface area contributed by atoms with Crippen molar-refractivity contribution in [2.24, 2.45) is 0 Å². The first kappa shape index (κ1) is 14.9. The minimum Gasteiger partial charge on any atom is -0.338 e. The molecule has 1 saturated heterocycles. The average molecular weight is 282 g/mol. The quantitative estimate of drug-likeness (QED) is 0.920. The second-order valence-corrected chi connectivity index (χ2v) is 5.14. The van der Waals surface area contributed by atoms with Crippen molar-refractivity contribution in [2.45, 2.75) is 32.2 Å². The van der Waals surface area contributed by atoms with Crippen molar-refractivity contribution in [3.8, 4) is 0 Å². The molecule has 0 spiro atoms. The summed E-state index contributed by atoms with van der Waals surface area (Å²) >= 11 is 0. The van der Waals surface area contributed by atoms with Crippen molar-refractivity contribution in [1.29, 1.82) is 0 Å².